The fourth-order valence-electron chi connectivity index (χ4n) is 2.37. The average Bonchev–Trinajstić information content (AvgIpc) is 2.41. The van der Waals surface area contributed by atoms with Gasteiger partial charge < -0.3 is 10.5 Å². The second-order valence-corrected chi connectivity index (χ2v) is 4.78. The Bertz CT molecular complexity index is 536. The van der Waals surface area contributed by atoms with Gasteiger partial charge in [0.05, 0.1) is 18.5 Å². The highest BCUT2D eigenvalue weighted by molar-refractivity contribution is 5.36. The van der Waals surface area contributed by atoms with Crippen molar-refractivity contribution in [2.45, 2.75) is 12.8 Å². The van der Waals surface area contributed by atoms with E-state index in [4.69, 9.17) is 10.5 Å². The first kappa shape index (κ1) is 11.1. The van der Waals surface area contributed by atoms with Gasteiger partial charge in [-0.1, -0.05) is 18.2 Å². The summed E-state index contributed by atoms with van der Waals surface area (Å²) >= 11 is 0. The van der Waals surface area contributed by atoms with Crippen LogP contribution in [0.3, 0.4) is 0 Å². The predicted molar refractivity (Wildman–Crippen MR) is 71.5 cm³/mol. The van der Waals surface area contributed by atoms with E-state index in [-0.39, 0.29) is 0 Å². The standard InChI is InChI=1S/C15H16N2O/c16-13-5-6-14(17-9-13)8-11-7-12-3-1-2-4-15(12)18-10-11/h1-6,9,11H,7-8,10,16H2. The van der Waals surface area contributed by atoms with Gasteiger partial charge in [-0.25, -0.2) is 0 Å². The molecule has 3 nitrogen and oxygen atoms in total. The summed E-state index contributed by atoms with van der Waals surface area (Å²) in [5.41, 5.74) is 8.72. The van der Waals surface area contributed by atoms with Crippen LogP contribution < -0.4 is 10.5 Å². The lowest BCUT2D eigenvalue weighted by Gasteiger charge is -2.25. The predicted octanol–water partition coefficient (Wildman–Crippen LogP) is 2.46. The number of fused-ring (bicyclic) bond motifs is 1. The van der Waals surface area contributed by atoms with E-state index in [1.807, 2.05) is 24.3 Å². The number of aromatic nitrogens is 1. The molecule has 0 amide bonds. The van der Waals surface area contributed by atoms with Gasteiger partial charge >= 0.3 is 0 Å². The molecule has 3 heteroatoms. The molecule has 1 unspecified atom stereocenters. The zero-order chi connectivity index (χ0) is 12.4. The summed E-state index contributed by atoms with van der Waals surface area (Å²) in [5, 5.41) is 0. The fourth-order valence-corrected chi connectivity index (χ4v) is 2.37. The van der Waals surface area contributed by atoms with E-state index in [1.54, 1.807) is 6.20 Å². The molecule has 18 heavy (non-hydrogen) atoms. The SMILES string of the molecule is Nc1ccc(CC2COc3ccccc3C2)nc1. The summed E-state index contributed by atoms with van der Waals surface area (Å²) < 4.78 is 5.78. The van der Waals surface area contributed by atoms with Gasteiger partial charge in [0.1, 0.15) is 5.75 Å². The first-order chi connectivity index (χ1) is 8.81. The van der Waals surface area contributed by atoms with Crippen LogP contribution in [0.1, 0.15) is 11.3 Å². The van der Waals surface area contributed by atoms with Gasteiger partial charge in [-0.3, -0.25) is 4.98 Å². The molecule has 1 atom stereocenters. The number of para-hydroxylation sites is 1. The largest absolute Gasteiger partial charge is 0.493 e. The van der Waals surface area contributed by atoms with Gasteiger partial charge in [-0.05, 0) is 36.6 Å². The van der Waals surface area contributed by atoms with Gasteiger partial charge in [0.15, 0.2) is 0 Å². The minimum atomic E-state index is 0.496. The van der Waals surface area contributed by atoms with Crippen molar-refractivity contribution in [2.24, 2.45) is 5.92 Å². The molecule has 0 bridgehead atoms. The maximum absolute atomic E-state index is 5.78. The highest BCUT2D eigenvalue weighted by Gasteiger charge is 2.19. The van der Waals surface area contributed by atoms with Crippen molar-refractivity contribution in [1.82, 2.24) is 4.98 Å². The lowest BCUT2D eigenvalue weighted by Crippen LogP contribution is -2.23. The quantitative estimate of drug-likeness (QED) is 0.877. The van der Waals surface area contributed by atoms with Crippen LogP contribution in [0, 0.1) is 5.92 Å². The summed E-state index contributed by atoms with van der Waals surface area (Å²) in [6.07, 6.45) is 3.71. The summed E-state index contributed by atoms with van der Waals surface area (Å²) in [4.78, 5) is 4.35. The van der Waals surface area contributed by atoms with Crippen LogP contribution >= 0.6 is 0 Å². The zero-order valence-corrected chi connectivity index (χ0v) is 10.2. The average molecular weight is 240 g/mol. The summed E-state index contributed by atoms with van der Waals surface area (Å²) in [6, 6.07) is 12.1. The molecular weight excluding hydrogens is 224 g/mol. The van der Waals surface area contributed by atoms with E-state index < -0.39 is 0 Å². The van der Waals surface area contributed by atoms with Crippen molar-refractivity contribution < 1.29 is 4.74 Å². The number of benzene rings is 1. The van der Waals surface area contributed by atoms with Crippen molar-refractivity contribution >= 4 is 5.69 Å². The molecule has 0 aliphatic carbocycles. The van der Waals surface area contributed by atoms with Crippen molar-refractivity contribution in [3.05, 3.63) is 53.9 Å². The third-order valence-electron chi connectivity index (χ3n) is 3.30. The van der Waals surface area contributed by atoms with Crippen molar-refractivity contribution in [2.75, 3.05) is 12.3 Å². The maximum Gasteiger partial charge on any atom is 0.122 e. The molecule has 1 aromatic carbocycles. The number of hydrogen-bond acceptors (Lipinski definition) is 3. The molecule has 0 radical (unpaired) electrons. The van der Waals surface area contributed by atoms with Crippen LogP contribution in [0.5, 0.6) is 5.75 Å². The van der Waals surface area contributed by atoms with Crippen LogP contribution in [0.25, 0.3) is 0 Å². The Morgan fingerprint density at radius 3 is 2.94 bits per heavy atom. The van der Waals surface area contributed by atoms with Gasteiger partial charge in [0, 0.05) is 11.6 Å². The molecule has 0 saturated carbocycles. The molecule has 1 aromatic heterocycles. The minimum absolute atomic E-state index is 0.496. The van der Waals surface area contributed by atoms with Crippen LogP contribution in [0.15, 0.2) is 42.6 Å². The third kappa shape index (κ3) is 2.30. The van der Waals surface area contributed by atoms with Gasteiger partial charge in [-0.15, -0.1) is 0 Å². The highest BCUT2D eigenvalue weighted by Crippen LogP contribution is 2.28. The number of hydrogen-bond donors (Lipinski definition) is 1. The maximum atomic E-state index is 5.78. The van der Waals surface area contributed by atoms with Crippen LogP contribution in [-0.2, 0) is 12.8 Å². The Balaban J connectivity index is 1.71. The van der Waals surface area contributed by atoms with E-state index in [9.17, 15) is 0 Å². The van der Waals surface area contributed by atoms with Crippen LogP contribution in [0.2, 0.25) is 0 Å². The fraction of sp³-hybridized carbons (Fsp3) is 0.267. The van der Waals surface area contributed by atoms with Crippen molar-refractivity contribution in [3.8, 4) is 5.75 Å². The van der Waals surface area contributed by atoms with E-state index in [0.29, 0.717) is 11.6 Å². The molecule has 0 fully saturated rings. The molecule has 0 saturated heterocycles. The molecule has 3 rings (SSSR count). The summed E-state index contributed by atoms with van der Waals surface area (Å²) in [5.74, 6) is 1.52. The van der Waals surface area contributed by atoms with Crippen molar-refractivity contribution in [1.29, 1.82) is 0 Å². The number of nitrogens with two attached hydrogens (primary N) is 1. The number of anilines is 1. The molecule has 2 N–H and O–H groups in total. The Morgan fingerprint density at radius 1 is 1.22 bits per heavy atom. The van der Waals surface area contributed by atoms with Gasteiger partial charge in [-0.2, -0.15) is 0 Å². The second kappa shape index (κ2) is 4.69. The normalized spacial score (nSPS) is 17.9. The lowest BCUT2D eigenvalue weighted by molar-refractivity contribution is 0.220. The first-order valence-electron chi connectivity index (χ1n) is 6.22. The molecule has 2 aromatic rings. The summed E-state index contributed by atoms with van der Waals surface area (Å²) in [7, 11) is 0. The van der Waals surface area contributed by atoms with E-state index in [1.165, 1.54) is 5.56 Å². The Kier molecular flexibility index (Phi) is 2.89. The number of ether oxygens (including phenoxy) is 1. The molecule has 1 aliphatic heterocycles. The monoisotopic (exact) mass is 240 g/mol. The third-order valence-corrected chi connectivity index (χ3v) is 3.30. The minimum Gasteiger partial charge on any atom is -0.493 e. The van der Waals surface area contributed by atoms with Gasteiger partial charge in [0.2, 0.25) is 0 Å². The summed E-state index contributed by atoms with van der Waals surface area (Å²) in [6.45, 7) is 0.767. The highest BCUT2D eigenvalue weighted by atomic mass is 16.5. The van der Waals surface area contributed by atoms with Crippen LogP contribution in [0.4, 0.5) is 5.69 Å². The molecule has 2 heterocycles. The Hall–Kier alpha value is -2.03. The molecule has 92 valence electrons. The van der Waals surface area contributed by atoms with E-state index in [0.717, 1.165) is 30.9 Å². The number of pyridine rings is 1. The second-order valence-electron chi connectivity index (χ2n) is 4.78. The van der Waals surface area contributed by atoms with Crippen LogP contribution in [-0.4, -0.2) is 11.6 Å². The number of nitrogens with zero attached hydrogens (tertiary/aromatic N) is 1. The first-order valence-corrected chi connectivity index (χ1v) is 6.22. The topological polar surface area (TPSA) is 48.1 Å². The Morgan fingerprint density at radius 2 is 2.11 bits per heavy atom. The molecule has 1 aliphatic rings. The van der Waals surface area contributed by atoms with E-state index >= 15 is 0 Å². The number of rotatable bonds is 2. The van der Waals surface area contributed by atoms with Crippen molar-refractivity contribution in [3.63, 3.8) is 0 Å². The van der Waals surface area contributed by atoms with E-state index in [2.05, 4.69) is 17.1 Å². The lowest BCUT2D eigenvalue weighted by atomic mass is 9.93. The Labute approximate surface area is 107 Å². The number of nitrogen functional groups attached to an aromatic ring is 1. The molecular formula is C15H16N2O. The van der Waals surface area contributed by atoms with Gasteiger partial charge in [0.25, 0.3) is 0 Å². The molecule has 0 spiro atoms. The smallest absolute Gasteiger partial charge is 0.122 e. The zero-order valence-electron chi connectivity index (χ0n) is 10.2.